The van der Waals surface area contributed by atoms with Crippen molar-refractivity contribution in [2.45, 2.75) is 37.9 Å². The number of amides is 2. The summed E-state index contributed by atoms with van der Waals surface area (Å²) in [5, 5.41) is 5.93. The second kappa shape index (κ2) is 9.90. The predicted octanol–water partition coefficient (Wildman–Crippen LogP) is 2.04. The van der Waals surface area contributed by atoms with Crippen molar-refractivity contribution in [3.63, 3.8) is 0 Å². The minimum absolute atomic E-state index is 0.0529. The quantitative estimate of drug-likeness (QED) is 0.515. The van der Waals surface area contributed by atoms with Crippen molar-refractivity contribution in [1.29, 1.82) is 0 Å². The first kappa shape index (κ1) is 22.0. The van der Waals surface area contributed by atoms with Crippen molar-refractivity contribution in [3.05, 3.63) is 51.4 Å². The van der Waals surface area contributed by atoms with Crippen LogP contribution in [0.3, 0.4) is 0 Å². The molecule has 3 rings (SSSR count). The van der Waals surface area contributed by atoms with Gasteiger partial charge in [0.1, 0.15) is 5.56 Å². The van der Waals surface area contributed by atoms with Crippen molar-refractivity contribution < 1.29 is 14.3 Å². The topological polar surface area (TPSA) is 102 Å². The maximum Gasteiger partial charge on any atom is 0.266 e. The van der Waals surface area contributed by atoms with Gasteiger partial charge in [-0.15, -0.1) is 0 Å². The van der Waals surface area contributed by atoms with E-state index in [2.05, 4.69) is 15.6 Å². The van der Waals surface area contributed by atoms with E-state index in [0.717, 1.165) is 42.3 Å². The molecule has 160 valence electrons. The smallest absolute Gasteiger partial charge is 0.266 e. The van der Waals surface area contributed by atoms with E-state index in [1.165, 1.54) is 17.8 Å². The molecule has 2 heterocycles. The number of hydrogen-bond acceptors (Lipinski definition) is 6. The summed E-state index contributed by atoms with van der Waals surface area (Å²) in [6.45, 7) is 5.17. The Labute approximate surface area is 179 Å². The van der Waals surface area contributed by atoms with Gasteiger partial charge in [0.2, 0.25) is 5.91 Å². The van der Waals surface area contributed by atoms with Crippen LogP contribution in [0.25, 0.3) is 0 Å². The molecule has 1 aromatic heterocycles. The van der Waals surface area contributed by atoms with Crippen LogP contribution in [0.5, 0.6) is 0 Å². The van der Waals surface area contributed by atoms with Gasteiger partial charge in [0, 0.05) is 32.1 Å². The summed E-state index contributed by atoms with van der Waals surface area (Å²) in [5.74, 6) is -0.542. The molecular weight excluding hydrogens is 404 g/mol. The van der Waals surface area contributed by atoms with E-state index in [1.54, 1.807) is 6.07 Å². The maximum absolute atomic E-state index is 12.6. The van der Waals surface area contributed by atoms with E-state index in [0.29, 0.717) is 17.4 Å². The minimum Gasteiger partial charge on any atom is -0.376 e. The van der Waals surface area contributed by atoms with Crippen molar-refractivity contribution in [2.24, 2.45) is 7.05 Å². The summed E-state index contributed by atoms with van der Waals surface area (Å²) in [6, 6.07) is 5.55. The Bertz CT molecular complexity index is 999. The first-order valence-electron chi connectivity index (χ1n) is 9.81. The monoisotopic (exact) mass is 430 g/mol. The molecule has 2 N–H and O–H groups in total. The molecule has 0 radical (unpaired) electrons. The number of aryl methyl sites for hydroxylation is 2. The molecular formula is C21H26N4O4S. The molecule has 0 bridgehead atoms. The van der Waals surface area contributed by atoms with E-state index < -0.39 is 11.5 Å². The third-order valence-corrected chi connectivity index (χ3v) is 6.06. The predicted molar refractivity (Wildman–Crippen MR) is 116 cm³/mol. The van der Waals surface area contributed by atoms with Gasteiger partial charge >= 0.3 is 0 Å². The molecule has 1 saturated heterocycles. The Morgan fingerprint density at radius 3 is 2.80 bits per heavy atom. The Balaban J connectivity index is 1.60. The highest BCUT2D eigenvalue weighted by Gasteiger charge is 2.18. The molecule has 1 aliphatic heterocycles. The van der Waals surface area contributed by atoms with Crippen molar-refractivity contribution in [1.82, 2.24) is 14.9 Å². The van der Waals surface area contributed by atoms with Gasteiger partial charge in [-0.3, -0.25) is 19.0 Å². The van der Waals surface area contributed by atoms with Gasteiger partial charge < -0.3 is 15.4 Å². The van der Waals surface area contributed by atoms with Crippen LogP contribution in [0, 0.1) is 13.8 Å². The van der Waals surface area contributed by atoms with Crippen LogP contribution in [0.15, 0.2) is 34.3 Å². The second-order valence-corrected chi connectivity index (χ2v) is 8.24. The highest BCUT2D eigenvalue weighted by atomic mass is 32.2. The lowest BCUT2D eigenvalue weighted by Gasteiger charge is -2.12. The molecule has 0 unspecified atom stereocenters. The number of carbonyl (C=O) groups is 2. The number of ether oxygens (including phenoxy) is 1. The summed E-state index contributed by atoms with van der Waals surface area (Å²) < 4.78 is 6.76. The van der Waals surface area contributed by atoms with Crippen LogP contribution < -0.4 is 16.2 Å². The van der Waals surface area contributed by atoms with Crippen LogP contribution >= 0.6 is 11.8 Å². The number of anilines is 1. The Morgan fingerprint density at radius 2 is 2.10 bits per heavy atom. The zero-order chi connectivity index (χ0) is 21.7. The van der Waals surface area contributed by atoms with E-state index in [1.807, 2.05) is 26.0 Å². The molecule has 1 aromatic carbocycles. The lowest BCUT2D eigenvalue weighted by Crippen LogP contribution is -2.33. The molecule has 0 aliphatic carbocycles. The number of benzene rings is 1. The molecule has 30 heavy (non-hydrogen) atoms. The fourth-order valence-corrected chi connectivity index (χ4v) is 3.82. The van der Waals surface area contributed by atoms with E-state index >= 15 is 0 Å². The standard InChI is InChI=1S/C21H26N4O4S/c1-13-6-7-15(9-14(13)2)24-19(27)17-11-23-21(25(3)20(17)28)30-12-18(26)22-10-16-5-4-8-29-16/h6-7,9,11,16H,4-5,8,10,12H2,1-3H3,(H,22,26)(H,24,27)/t16-/m0/s1. The van der Waals surface area contributed by atoms with E-state index in [-0.39, 0.29) is 23.3 Å². The average Bonchev–Trinajstić information content (AvgIpc) is 3.24. The third kappa shape index (κ3) is 5.48. The molecule has 1 atom stereocenters. The van der Waals surface area contributed by atoms with Crippen molar-refractivity contribution in [3.8, 4) is 0 Å². The van der Waals surface area contributed by atoms with Crippen molar-refractivity contribution >= 4 is 29.3 Å². The number of hydrogen-bond donors (Lipinski definition) is 2. The van der Waals surface area contributed by atoms with Crippen LogP contribution in [-0.4, -0.2) is 46.4 Å². The zero-order valence-electron chi connectivity index (χ0n) is 17.4. The molecule has 2 aromatic rings. The van der Waals surface area contributed by atoms with Gasteiger partial charge in [0.05, 0.1) is 11.9 Å². The van der Waals surface area contributed by atoms with Crippen LogP contribution in [0.1, 0.15) is 34.3 Å². The summed E-state index contributed by atoms with van der Waals surface area (Å²) in [4.78, 5) is 41.4. The minimum atomic E-state index is -0.516. The van der Waals surface area contributed by atoms with Crippen LogP contribution in [0.2, 0.25) is 0 Å². The molecule has 2 amide bonds. The third-order valence-electron chi connectivity index (χ3n) is 5.02. The lowest BCUT2D eigenvalue weighted by molar-refractivity contribution is -0.119. The van der Waals surface area contributed by atoms with Crippen LogP contribution in [0.4, 0.5) is 5.69 Å². The van der Waals surface area contributed by atoms with Gasteiger partial charge in [-0.05, 0) is 49.9 Å². The highest BCUT2D eigenvalue weighted by Crippen LogP contribution is 2.16. The highest BCUT2D eigenvalue weighted by molar-refractivity contribution is 7.99. The summed E-state index contributed by atoms with van der Waals surface area (Å²) >= 11 is 1.15. The van der Waals surface area contributed by atoms with Crippen molar-refractivity contribution in [2.75, 3.05) is 24.2 Å². The molecule has 0 saturated carbocycles. The molecule has 8 nitrogen and oxygen atoms in total. The fourth-order valence-electron chi connectivity index (χ4n) is 3.05. The maximum atomic E-state index is 12.6. The van der Waals surface area contributed by atoms with Gasteiger partial charge in [0.25, 0.3) is 11.5 Å². The molecule has 9 heteroatoms. The van der Waals surface area contributed by atoms with E-state index in [4.69, 9.17) is 4.74 Å². The Morgan fingerprint density at radius 1 is 1.30 bits per heavy atom. The zero-order valence-corrected chi connectivity index (χ0v) is 18.2. The fraction of sp³-hybridized carbons (Fsp3) is 0.429. The van der Waals surface area contributed by atoms with E-state index in [9.17, 15) is 14.4 Å². The lowest BCUT2D eigenvalue weighted by atomic mass is 10.1. The number of carbonyl (C=O) groups excluding carboxylic acids is 2. The number of nitrogens with zero attached hydrogens (tertiary/aromatic N) is 2. The first-order valence-corrected chi connectivity index (χ1v) is 10.8. The Hall–Kier alpha value is -2.65. The van der Waals surface area contributed by atoms with Gasteiger partial charge in [-0.25, -0.2) is 4.98 Å². The largest absolute Gasteiger partial charge is 0.376 e. The SMILES string of the molecule is Cc1ccc(NC(=O)c2cnc(SCC(=O)NC[C@@H]3CCCO3)n(C)c2=O)cc1C. The van der Waals surface area contributed by atoms with Gasteiger partial charge in [-0.2, -0.15) is 0 Å². The first-order chi connectivity index (χ1) is 14.3. The molecule has 1 fully saturated rings. The van der Waals surface area contributed by atoms with Gasteiger partial charge in [-0.1, -0.05) is 17.8 Å². The number of aromatic nitrogens is 2. The summed E-state index contributed by atoms with van der Waals surface area (Å²) in [7, 11) is 1.54. The average molecular weight is 431 g/mol. The summed E-state index contributed by atoms with van der Waals surface area (Å²) in [6.07, 6.45) is 3.31. The number of thioether (sulfide) groups is 1. The second-order valence-electron chi connectivity index (χ2n) is 7.30. The number of rotatable bonds is 7. The molecule has 1 aliphatic rings. The number of nitrogens with one attached hydrogen (secondary N) is 2. The van der Waals surface area contributed by atoms with Gasteiger partial charge in [0.15, 0.2) is 5.16 Å². The van der Waals surface area contributed by atoms with Crippen LogP contribution in [-0.2, 0) is 16.6 Å². The normalized spacial score (nSPS) is 15.8. The molecule has 0 spiro atoms. The Kier molecular flexibility index (Phi) is 7.28. The summed E-state index contributed by atoms with van der Waals surface area (Å²) in [5.41, 5.74) is 2.26.